The average molecular weight is 229 g/mol. The molecule has 1 aromatic carbocycles. The quantitative estimate of drug-likeness (QED) is 0.846. The molecule has 90 valence electrons. The molecule has 1 amide bonds. The maximum absolute atomic E-state index is 12.0. The molecule has 0 aromatic heterocycles. The lowest BCUT2D eigenvalue weighted by Crippen LogP contribution is -2.36. The molecule has 17 heavy (non-hydrogen) atoms. The standard InChI is InChI=1S/C15H19NO/c1-2-10-9-14(10)15(17)16-13-7-11-5-3-4-6-12(11)8-13/h3-6,10,13-14H,2,7-9H2,1H3,(H,16,17)/t10-,14-/m1/s1. The van der Waals surface area contributed by atoms with Gasteiger partial charge in [0, 0.05) is 12.0 Å². The van der Waals surface area contributed by atoms with Crippen molar-refractivity contribution < 1.29 is 4.79 Å². The van der Waals surface area contributed by atoms with Crippen LogP contribution in [0.15, 0.2) is 24.3 Å². The van der Waals surface area contributed by atoms with Crippen LogP contribution in [-0.2, 0) is 17.6 Å². The lowest BCUT2D eigenvalue weighted by molar-refractivity contribution is -0.123. The third-order valence-electron chi connectivity index (χ3n) is 4.18. The number of hydrogen-bond acceptors (Lipinski definition) is 1. The second kappa shape index (κ2) is 4.17. The van der Waals surface area contributed by atoms with Crippen molar-refractivity contribution in [2.24, 2.45) is 11.8 Å². The van der Waals surface area contributed by atoms with Crippen molar-refractivity contribution in [2.75, 3.05) is 0 Å². The van der Waals surface area contributed by atoms with E-state index in [0.29, 0.717) is 17.9 Å². The van der Waals surface area contributed by atoms with E-state index in [0.717, 1.165) is 25.7 Å². The van der Waals surface area contributed by atoms with E-state index in [1.807, 2.05) is 0 Å². The van der Waals surface area contributed by atoms with Crippen LogP contribution < -0.4 is 5.32 Å². The van der Waals surface area contributed by atoms with E-state index in [4.69, 9.17) is 0 Å². The van der Waals surface area contributed by atoms with Gasteiger partial charge in [0.1, 0.15) is 0 Å². The number of carbonyl (C=O) groups is 1. The first kappa shape index (κ1) is 10.8. The molecular weight excluding hydrogens is 210 g/mol. The highest BCUT2D eigenvalue weighted by Crippen LogP contribution is 2.41. The molecule has 3 rings (SSSR count). The second-order valence-electron chi connectivity index (χ2n) is 5.39. The Labute approximate surface area is 102 Å². The van der Waals surface area contributed by atoms with Crippen molar-refractivity contribution in [1.82, 2.24) is 5.32 Å². The van der Waals surface area contributed by atoms with E-state index in [-0.39, 0.29) is 5.91 Å². The number of fused-ring (bicyclic) bond motifs is 1. The number of benzene rings is 1. The van der Waals surface area contributed by atoms with Gasteiger partial charge in [0.25, 0.3) is 0 Å². The van der Waals surface area contributed by atoms with Gasteiger partial charge in [-0.25, -0.2) is 0 Å². The SMILES string of the molecule is CC[C@@H]1C[C@H]1C(=O)NC1Cc2ccccc2C1. The summed E-state index contributed by atoms with van der Waals surface area (Å²) in [5.74, 6) is 1.25. The van der Waals surface area contributed by atoms with Crippen molar-refractivity contribution in [3.63, 3.8) is 0 Å². The molecule has 2 atom stereocenters. The number of amides is 1. The fourth-order valence-corrected chi connectivity index (χ4v) is 2.99. The zero-order valence-electron chi connectivity index (χ0n) is 10.3. The van der Waals surface area contributed by atoms with Gasteiger partial charge in [-0.3, -0.25) is 4.79 Å². The Morgan fingerprint density at radius 2 is 1.94 bits per heavy atom. The van der Waals surface area contributed by atoms with Gasteiger partial charge in [-0.1, -0.05) is 37.6 Å². The molecule has 1 saturated carbocycles. The number of hydrogen-bond donors (Lipinski definition) is 1. The summed E-state index contributed by atoms with van der Waals surface area (Å²) in [4.78, 5) is 12.0. The topological polar surface area (TPSA) is 29.1 Å². The maximum Gasteiger partial charge on any atom is 0.223 e. The summed E-state index contributed by atoms with van der Waals surface area (Å²) in [6.45, 7) is 2.17. The summed E-state index contributed by atoms with van der Waals surface area (Å²) >= 11 is 0. The molecule has 0 aliphatic heterocycles. The average Bonchev–Trinajstić information content (AvgIpc) is 3.02. The molecule has 0 radical (unpaired) electrons. The minimum atomic E-state index is 0.287. The van der Waals surface area contributed by atoms with Gasteiger partial charge in [0.15, 0.2) is 0 Å². The normalized spacial score (nSPS) is 26.6. The second-order valence-corrected chi connectivity index (χ2v) is 5.39. The minimum absolute atomic E-state index is 0.287. The molecule has 0 heterocycles. The lowest BCUT2D eigenvalue weighted by Gasteiger charge is -2.11. The molecule has 0 unspecified atom stereocenters. The molecule has 2 aliphatic rings. The smallest absolute Gasteiger partial charge is 0.223 e. The van der Waals surface area contributed by atoms with Crippen LogP contribution in [0.5, 0.6) is 0 Å². The van der Waals surface area contributed by atoms with Crippen LogP contribution in [0.4, 0.5) is 0 Å². The van der Waals surface area contributed by atoms with Crippen molar-refractivity contribution in [3.05, 3.63) is 35.4 Å². The van der Waals surface area contributed by atoms with Gasteiger partial charge in [-0.2, -0.15) is 0 Å². The molecule has 2 aliphatic carbocycles. The highest BCUT2D eigenvalue weighted by atomic mass is 16.2. The van der Waals surface area contributed by atoms with Crippen molar-refractivity contribution in [1.29, 1.82) is 0 Å². The van der Waals surface area contributed by atoms with E-state index in [2.05, 4.69) is 36.5 Å². The Hall–Kier alpha value is -1.31. The minimum Gasteiger partial charge on any atom is -0.352 e. The summed E-state index contributed by atoms with van der Waals surface area (Å²) in [5, 5.41) is 3.21. The zero-order valence-corrected chi connectivity index (χ0v) is 10.3. The number of nitrogens with one attached hydrogen (secondary N) is 1. The summed E-state index contributed by atoms with van der Waals surface area (Å²) in [5.41, 5.74) is 2.81. The van der Waals surface area contributed by atoms with E-state index in [9.17, 15) is 4.79 Å². The summed E-state index contributed by atoms with van der Waals surface area (Å²) < 4.78 is 0. The molecular formula is C15H19NO. The fourth-order valence-electron chi connectivity index (χ4n) is 2.99. The highest BCUT2D eigenvalue weighted by Gasteiger charge is 2.42. The predicted octanol–water partition coefficient (Wildman–Crippen LogP) is 2.32. The third-order valence-corrected chi connectivity index (χ3v) is 4.18. The van der Waals surface area contributed by atoms with Gasteiger partial charge >= 0.3 is 0 Å². The zero-order chi connectivity index (χ0) is 11.8. The molecule has 2 heteroatoms. The van der Waals surface area contributed by atoms with Crippen LogP contribution in [0.1, 0.15) is 30.9 Å². The lowest BCUT2D eigenvalue weighted by atomic mass is 10.1. The van der Waals surface area contributed by atoms with Crippen LogP contribution in [0.3, 0.4) is 0 Å². The maximum atomic E-state index is 12.0. The van der Waals surface area contributed by atoms with Crippen molar-refractivity contribution >= 4 is 5.91 Å². The Kier molecular flexibility index (Phi) is 2.65. The van der Waals surface area contributed by atoms with Crippen LogP contribution in [0.25, 0.3) is 0 Å². The van der Waals surface area contributed by atoms with E-state index < -0.39 is 0 Å². The van der Waals surface area contributed by atoms with Crippen molar-refractivity contribution in [3.8, 4) is 0 Å². The highest BCUT2D eigenvalue weighted by molar-refractivity contribution is 5.82. The largest absolute Gasteiger partial charge is 0.352 e. The van der Waals surface area contributed by atoms with Crippen LogP contribution in [-0.4, -0.2) is 11.9 Å². The fraction of sp³-hybridized carbons (Fsp3) is 0.533. The van der Waals surface area contributed by atoms with E-state index in [1.165, 1.54) is 11.1 Å². The molecule has 2 nitrogen and oxygen atoms in total. The van der Waals surface area contributed by atoms with Crippen LogP contribution in [0, 0.1) is 11.8 Å². The van der Waals surface area contributed by atoms with Gasteiger partial charge in [-0.05, 0) is 36.3 Å². The van der Waals surface area contributed by atoms with E-state index in [1.54, 1.807) is 0 Å². The Balaban J connectivity index is 1.57. The summed E-state index contributed by atoms with van der Waals surface area (Å²) in [6, 6.07) is 8.84. The van der Waals surface area contributed by atoms with Crippen LogP contribution >= 0.6 is 0 Å². The van der Waals surface area contributed by atoms with Crippen molar-refractivity contribution in [2.45, 2.75) is 38.6 Å². The molecule has 0 bridgehead atoms. The predicted molar refractivity (Wildman–Crippen MR) is 67.7 cm³/mol. The monoisotopic (exact) mass is 229 g/mol. The Morgan fingerprint density at radius 1 is 1.29 bits per heavy atom. The Bertz CT molecular complexity index is 415. The van der Waals surface area contributed by atoms with Gasteiger partial charge in [0.2, 0.25) is 5.91 Å². The first-order chi connectivity index (χ1) is 8.28. The summed E-state index contributed by atoms with van der Waals surface area (Å²) in [6.07, 6.45) is 4.25. The third kappa shape index (κ3) is 2.08. The van der Waals surface area contributed by atoms with Gasteiger partial charge in [0.05, 0.1) is 0 Å². The van der Waals surface area contributed by atoms with Gasteiger partial charge < -0.3 is 5.32 Å². The molecule has 1 aromatic rings. The molecule has 1 fully saturated rings. The first-order valence-electron chi connectivity index (χ1n) is 6.65. The van der Waals surface area contributed by atoms with Gasteiger partial charge in [-0.15, -0.1) is 0 Å². The van der Waals surface area contributed by atoms with Crippen LogP contribution in [0.2, 0.25) is 0 Å². The number of rotatable bonds is 3. The Morgan fingerprint density at radius 3 is 2.47 bits per heavy atom. The number of carbonyl (C=O) groups excluding carboxylic acids is 1. The molecule has 0 spiro atoms. The summed E-state index contributed by atoms with van der Waals surface area (Å²) in [7, 11) is 0. The molecule has 0 saturated heterocycles. The first-order valence-corrected chi connectivity index (χ1v) is 6.65. The molecule has 1 N–H and O–H groups in total. The van der Waals surface area contributed by atoms with E-state index >= 15 is 0 Å².